The number of nitrogens with zero attached hydrogens (tertiary/aromatic N) is 3. The Balaban J connectivity index is 1.52. The third-order valence-electron chi connectivity index (χ3n) is 7.70. The molecular formula is C37H43N3O7. The number of amides is 1. The minimum atomic E-state index is -0.638. The Bertz CT molecular complexity index is 1580. The normalized spacial score (nSPS) is 13.2. The van der Waals surface area contributed by atoms with Gasteiger partial charge in [0.25, 0.3) is 5.91 Å². The van der Waals surface area contributed by atoms with Crippen molar-refractivity contribution in [3.05, 3.63) is 107 Å². The van der Waals surface area contributed by atoms with Gasteiger partial charge in [0, 0.05) is 39.4 Å². The third-order valence-corrected chi connectivity index (χ3v) is 7.70. The highest BCUT2D eigenvalue weighted by Crippen LogP contribution is 2.42. The maximum absolute atomic E-state index is 13.9. The van der Waals surface area contributed by atoms with E-state index in [0.29, 0.717) is 18.0 Å². The number of morpholine rings is 1. The van der Waals surface area contributed by atoms with Gasteiger partial charge in [0.15, 0.2) is 22.9 Å². The molecule has 1 aliphatic rings. The molecule has 0 unspecified atom stereocenters. The standard InChI is InChI=1S/C37H43N3O7/c1-4-44-37(42)33-35(47-27-29-14-9-6-10-15-29)34(46-26-28-12-7-5-8-13-28)32(36(41)38(2)3)40(33)30-16-18-31(19-17-30)45-23-11-20-39-21-24-43-25-22-39/h5-10,12-19H,4,11,20-27H2,1-3H3. The molecule has 1 saturated heterocycles. The Morgan fingerprint density at radius 2 is 1.34 bits per heavy atom. The monoisotopic (exact) mass is 641 g/mol. The number of carbonyl (C=O) groups excluding carboxylic acids is 2. The number of rotatable bonds is 15. The van der Waals surface area contributed by atoms with E-state index in [2.05, 4.69) is 4.90 Å². The summed E-state index contributed by atoms with van der Waals surface area (Å²) in [6, 6.07) is 26.5. The Labute approximate surface area is 276 Å². The lowest BCUT2D eigenvalue weighted by atomic mass is 10.2. The molecule has 1 fully saturated rings. The fraction of sp³-hybridized carbons (Fsp3) is 0.351. The second-order valence-electron chi connectivity index (χ2n) is 11.3. The average Bonchev–Trinajstić information content (AvgIpc) is 3.43. The summed E-state index contributed by atoms with van der Waals surface area (Å²) in [5.74, 6) is -0.0213. The molecule has 2 heterocycles. The highest BCUT2D eigenvalue weighted by atomic mass is 16.5. The van der Waals surface area contributed by atoms with Gasteiger partial charge < -0.3 is 28.6 Å². The minimum Gasteiger partial charge on any atom is -0.494 e. The van der Waals surface area contributed by atoms with E-state index in [1.807, 2.05) is 84.9 Å². The van der Waals surface area contributed by atoms with E-state index in [-0.39, 0.29) is 48.6 Å². The van der Waals surface area contributed by atoms with Crippen LogP contribution < -0.4 is 14.2 Å². The summed E-state index contributed by atoms with van der Waals surface area (Å²) in [5, 5.41) is 0. The van der Waals surface area contributed by atoms with E-state index in [1.165, 1.54) is 4.90 Å². The molecule has 1 aromatic heterocycles. The molecule has 0 saturated carbocycles. The van der Waals surface area contributed by atoms with Gasteiger partial charge >= 0.3 is 5.97 Å². The lowest BCUT2D eigenvalue weighted by molar-refractivity contribution is 0.0358. The van der Waals surface area contributed by atoms with E-state index in [9.17, 15) is 9.59 Å². The second-order valence-corrected chi connectivity index (χ2v) is 11.3. The van der Waals surface area contributed by atoms with Crippen molar-refractivity contribution in [3.63, 3.8) is 0 Å². The Morgan fingerprint density at radius 3 is 1.89 bits per heavy atom. The van der Waals surface area contributed by atoms with Gasteiger partial charge in [-0.2, -0.15) is 0 Å². The molecule has 1 aliphatic heterocycles. The highest BCUT2D eigenvalue weighted by molar-refractivity contribution is 6.02. The Morgan fingerprint density at radius 1 is 0.766 bits per heavy atom. The van der Waals surface area contributed by atoms with Gasteiger partial charge in [0.1, 0.15) is 19.0 Å². The summed E-state index contributed by atoms with van der Waals surface area (Å²) in [4.78, 5) is 31.5. The molecule has 0 spiro atoms. The zero-order chi connectivity index (χ0) is 33.0. The van der Waals surface area contributed by atoms with E-state index >= 15 is 0 Å². The van der Waals surface area contributed by atoms with E-state index in [0.717, 1.165) is 50.4 Å². The molecule has 47 heavy (non-hydrogen) atoms. The fourth-order valence-electron chi connectivity index (χ4n) is 5.30. The van der Waals surface area contributed by atoms with Crippen LogP contribution in [-0.4, -0.2) is 86.4 Å². The molecule has 1 amide bonds. The highest BCUT2D eigenvalue weighted by Gasteiger charge is 2.36. The number of esters is 1. The smallest absolute Gasteiger partial charge is 0.359 e. The number of ether oxygens (including phenoxy) is 5. The molecule has 0 bridgehead atoms. The van der Waals surface area contributed by atoms with Crippen molar-refractivity contribution in [1.29, 1.82) is 0 Å². The molecule has 10 nitrogen and oxygen atoms in total. The Kier molecular flexibility index (Phi) is 11.9. The van der Waals surface area contributed by atoms with Crippen LogP contribution in [0.5, 0.6) is 17.2 Å². The zero-order valence-electron chi connectivity index (χ0n) is 27.4. The summed E-state index contributed by atoms with van der Waals surface area (Å²) in [7, 11) is 3.31. The SMILES string of the molecule is CCOC(=O)c1c(OCc2ccccc2)c(OCc2ccccc2)c(C(=O)N(C)C)n1-c1ccc(OCCCN2CCOCC2)cc1. The van der Waals surface area contributed by atoms with Crippen molar-refractivity contribution >= 4 is 11.9 Å². The molecule has 0 radical (unpaired) electrons. The predicted molar refractivity (Wildman–Crippen MR) is 179 cm³/mol. The summed E-state index contributed by atoms with van der Waals surface area (Å²) < 4.78 is 31.3. The van der Waals surface area contributed by atoms with Crippen molar-refractivity contribution in [2.24, 2.45) is 0 Å². The summed E-state index contributed by atoms with van der Waals surface area (Å²) >= 11 is 0. The van der Waals surface area contributed by atoms with Crippen molar-refractivity contribution < 1.29 is 33.3 Å². The lowest BCUT2D eigenvalue weighted by Crippen LogP contribution is -2.37. The molecule has 3 aromatic carbocycles. The molecule has 0 atom stereocenters. The number of carbonyl (C=O) groups is 2. The molecular weight excluding hydrogens is 598 g/mol. The largest absolute Gasteiger partial charge is 0.494 e. The van der Waals surface area contributed by atoms with Crippen molar-refractivity contribution in [1.82, 2.24) is 14.4 Å². The van der Waals surface area contributed by atoms with Crippen LogP contribution in [0.15, 0.2) is 84.9 Å². The first-order chi connectivity index (χ1) is 23.0. The minimum absolute atomic E-state index is 0.0650. The summed E-state index contributed by atoms with van der Waals surface area (Å²) in [6.45, 7) is 7.10. The quantitative estimate of drug-likeness (QED) is 0.122. The Hall–Kier alpha value is -4.80. The third kappa shape index (κ3) is 8.72. The van der Waals surface area contributed by atoms with E-state index in [4.69, 9.17) is 23.7 Å². The van der Waals surface area contributed by atoms with Crippen LogP contribution in [0.2, 0.25) is 0 Å². The first kappa shape index (κ1) is 33.6. The first-order valence-electron chi connectivity index (χ1n) is 16.0. The maximum atomic E-state index is 13.9. The van der Waals surface area contributed by atoms with Crippen molar-refractivity contribution in [3.8, 4) is 22.9 Å². The number of aromatic nitrogens is 1. The van der Waals surface area contributed by atoms with Crippen LogP contribution >= 0.6 is 0 Å². The number of hydrogen-bond donors (Lipinski definition) is 0. The van der Waals surface area contributed by atoms with Gasteiger partial charge in [0.05, 0.1) is 26.4 Å². The fourth-order valence-corrected chi connectivity index (χ4v) is 5.30. The van der Waals surface area contributed by atoms with Crippen LogP contribution in [0.25, 0.3) is 5.69 Å². The summed E-state index contributed by atoms with van der Waals surface area (Å²) in [5.41, 5.74) is 2.55. The van der Waals surface area contributed by atoms with E-state index < -0.39 is 5.97 Å². The lowest BCUT2D eigenvalue weighted by Gasteiger charge is -2.26. The van der Waals surface area contributed by atoms with Crippen LogP contribution in [0.4, 0.5) is 0 Å². The van der Waals surface area contributed by atoms with Gasteiger partial charge in [-0.05, 0) is 48.7 Å². The molecule has 0 N–H and O–H groups in total. The van der Waals surface area contributed by atoms with Gasteiger partial charge in [0.2, 0.25) is 0 Å². The van der Waals surface area contributed by atoms with Gasteiger partial charge in [-0.1, -0.05) is 60.7 Å². The van der Waals surface area contributed by atoms with Gasteiger partial charge in [-0.15, -0.1) is 0 Å². The molecule has 4 aromatic rings. The van der Waals surface area contributed by atoms with Crippen molar-refractivity contribution in [2.45, 2.75) is 26.6 Å². The van der Waals surface area contributed by atoms with Crippen LogP contribution in [0.3, 0.4) is 0 Å². The zero-order valence-corrected chi connectivity index (χ0v) is 27.4. The number of benzene rings is 3. The molecule has 10 heteroatoms. The van der Waals surface area contributed by atoms with Gasteiger partial charge in [-0.25, -0.2) is 4.79 Å². The predicted octanol–water partition coefficient (Wildman–Crippen LogP) is 5.61. The summed E-state index contributed by atoms with van der Waals surface area (Å²) in [6.07, 6.45) is 0.887. The topological polar surface area (TPSA) is 91.7 Å². The molecule has 248 valence electrons. The molecule has 5 rings (SSSR count). The van der Waals surface area contributed by atoms with Crippen LogP contribution in [-0.2, 0) is 22.7 Å². The van der Waals surface area contributed by atoms with Crippen LogP contribution in [0.1, 0.15) is 45.4 Å². The maximum Gasteiger partial charge on any atom is 0.359 e. The second kappa shape index (κ2) is 16.7. The first-order valence-corrected chi connectivity index (χ1v) is 16.0. The van der Waals surface area contributed by atoms with Crippen LogP contribution in [0, 0.1) is 0 Å². The van der Waals surface area contributed by atoms with Gasteiger partial charge in [-0.3, -0.25) is 14.3 Å². The van der Waals surface area contributed by atoms with Crippen molar-refractivity contribution in [2.75, 3.05) is 60.2 Å². The molecule has 0 aliphatic carbocycles. The number of hydrogen-bond acceptors (Lipinski definition) is 8. The average molecular weight is 642 g/mol. The van der Waals surface area contributed by atoms with E-state index in [1.54, 1.807) is 25.6 Å².